The van der Waals surface area contributed by atoms with Gasteiger partial charge in [0.1, 0.15) is 17.4 Å². The van der Waals surface area contributed by atoms with E-state index in [1.54, 1.807) is 18.3 Å². The normalized spacial score (nSPS) is 11.3. The largest absolute Gasteiger partial charge is 0.394 e. The minimum atomic E-state index is -0.600. The average molecular weight is 355 g/mol. The van der Waals surface area contributed by atoms with Gasteiger partial charge in [0, 0.05) is 17.8 Å². The number of aliphatic hydroxyl groups excluding tert-OH is 1. The van der Waals surface area contributed by atoms with E-state index >= 15 is 0 Å². The molecule has 0 aliphatic heterocycles. The summed E-state index contributed by atoms with van der Waals surface area (Å²) >= 11 is 0. The highest BCUT2D eigenvalue weighted by atomic mass is 16.6. The predicted octanol–water partition coefficient (Wildman–Crippen LogP) is 2.25. The first-order valence-corrected chi connectivity index (χ1v) is 7.76. The van der Waals surface area contributed by atoms with E-state index in [2.05, 4.69) is 30.6 Å². The maximum atomic E-state index is 10.9. The molecule has 0 unspecified atom stereocenters. The predicted molar refractivity (Wildman–Crippen MR) is 96.3 cm³/mol. The number of nitro benzene ring substituents is 1. The Balaban J connectivity index is 1.97. The van der Waals surface area contributed by atoms with Crippen molar-refractivity contribution in [2.45, 2.75) is 19.4 Å². The standard InChI is InChI=1S/C16H17N7O3/c1-16(2,8-24)22-15-17-7-12-13(21-15)14(19-9-18-12)20-10-4-3-5-11(6-10)23(25)26/h3-7,9,24H,8H2,1-2H3,(H,17,21,22)(H,18,19,20). The van der Waals surface area contributed by atoms with Gasteiger partial charge in [-0.3, -0.25) is 10.1 Å². The highest BCUT2D eigenvalue weighted by Gasteiger charge is 2.18. The van der Waals surface area contributed by atoms with Gasteiger partial charge in [-0.2, -0.15) is 0 Å². The van der Waals surface area contributed by atoms with E-state index in [4.69, 9.17) is 0 Å². The fourth-order valence-electron chi connectivity index (χ4n) is 2.18. The Hall–Kier alpha value is -3.40. The second-order valence-corrected chi connectivity index (χ2v) is 6.25. The minimum Gasteiger partial charge on any atom is -0.394 e. The molecule has 0 saturated carbocycles. The van der Waals surface area contributed by atoms with Crippen LogP contribution in [0.3, 0.4) is 0 Å². The second kappa shape index (κ2) is 6.84. The zero-order valence-electron chi connectivity index (χ0n) is 14.2. The Morgan fingerprint density at radius 3 is 2.81 bits per heavy atom. The molecular weight excluding hydrogens is 338 g/mol. The van der Waals surface area contributed by atoms with Crippen LogP contribution in [0.5, 0.6) is 0 Å². The lowest BCUT2D eigenvalue weighted by atomic mass is 10.1. The maximum Gasteiger partial charge on any atom is 0.271 e. The van der Waals surface area contributed by atoms with Gasteiger partial charge < -0.3 is 15.7 Å². The van der Waals surface area contributed by atoms with Gasteiger partial charge in [0.2, 0.25) is 5.95 Å². The smallest absolute Gasteiger partial charge is 0.271 e. The monoisotopic (exact) mass is 355 g/mol. The van der Waals surface area contributed by atoms with Crippen LogP contribution in [0.15, 0.2) is 36.8 Å². The lowest BCUT2D eigenvalue weighted by Crippen LogP contribution is -2.35. The molecule has 0 radical (unpaired) electrons. The van der Waals surface area contributed by atoms with Crippen molar-refractivity contribution in [1.82, 2.24) is 19.9 Å². The number of aromatic nitrogens is 4. The number of benzene rings is 1. The van der Waals surface area contributed by atoms with E-state index in [9.17, 15) is 15.2 Å². The van der Waals surface area contributed by atoms with Crippen LogP contribution in [0.1, 0.15) is 13.8 Å². The van der Waals surface area contributed by atoms with E-state index in [-0.39, 0.29) is 12.3 Å². The first-order valence-electron chi connectivity index (χ1n) is 7.76. The van der Waals surface area contributed by atoms with Gasteiger partial charge in [0.25, 0.3) is 5.69 Å². The molecule has 0 atom stereocenters. The third-order valence-corrected chi connectivity index (χ3v) is 3.54. The number of anilines is 3. The van der Waals surface area contributed by atoms with Crippen molar-refractivity contribution in [2.75, 3.05) is 17.2 Å². The summed E-state index contributed by atoms with van der Waals surface area (Å²) in [5.41, 5.74) is 0.834. The van der Waals surface area contributed by atoms with Gasteiger partial charge in [0.15, 0.2) is 5.82 Å². The molecule has 3 N–H and O–H groups in total. The maximum absolute atomic E-state index is 10.9. The molecule has 10 nitrogen and oxygen atoms in total. The third kappa shape index (κ3) is 3.81. The molecule has 0 spiro atoms. The van der Waals surface area contributed by atoms with Gasteiger partial charge in [-0.05, 0) is 19.9 Å². The lowest BCUT2D eigenvalue weighted by molar-refractivity contribution is -0.384. The quantitative estimate of drug-likeness (QED) is 0.448. The van der Waals surface area contributed by atoms with Crippen LogP contribution in [-0.4, -0.2) is 42.1 Å². The summed E-state index contributed by atoms with van der Waals surface area (Å²) < 4.78 is 0. The summed E-state index contributed by atoms with van der Waals surface area (Å²) in [6.07, 6.45) is 2.90. The molecule has 2 heterocycles. The van der Waals surface area contributed by atoms with Crippen LogP contribution in [0.2, 0.25) is 0 Å². The Morgan fingerprint density at radius 1 is 1.27 bits per heavy atom. The fraction of sp³-hybridized carbons (Fsp3) is 0.250. The van der Waals surface area contributed by atoms with Crippen molar-refractivity contribution < 1.29 is 10.0 Å². The number of hydrogen-bond acceptors (Lipinski definition) is 9. The summed E-state index contributed by atoms with van der Waals surface area (Å²) in [5.74, 6) is 0.705. The van der Waals surface area contributed by atoms with Crippen molar-refractivity contribution in [3.63, 3.8) is 0 Å². The summed E-state index contributed by atoms with van der Waals surface area (Å²) in [6.45, 7) is 3.52. The van der Waals surface area contributed by atoms with E-state index in [1.807, 2.05) is 13.8 Å². The van der Waals surface area contributed by atoms with Crippen LogP contribution in [0, 0.1) is 10.1 Å². The highest BCUT2D eigenvalue weighted by molar-refractivity contribution is 5.87. The Kier molecular flexibility index (Phi) is 4.59. The molecule has 134 valence electrons. The number of hydrogen-bond donors (Lipinski definition) is 3. The van der Waals surface area contributed by atoms with Crippen LogP contribution in [0.4, 0.5) is 23.1 Å². The van der Waals surface area contributed by atoms with Crippen molar-refractivity contribution in [3.8, 4) is 0 Å². The van der Waals surface area contributed by atoms with E-state index in [0.29, 0.717) is 28.5 Å². The molecule has 1 aromatic carbocycles. The van der Waals surface area contributed by atoms with Crippen molar-refractivity contribution >= 4 is 34.2 Å². The van der Waals surface area contributed by atoms with Gasteiger partial charge in [0.05, 0.1) is 23.3 Å². The van der Waals surface area contributed by atoms with Crippen LogP contribution >= 0.6 is 0 Å². The molecule has 10 heteroatoms. The SMILES string of the molecule is CC(C)(CO)Nc1ncc2ncnc(Nc3cccc([N+](=O)[O-])c3)c2n1. The summed E-state index contributed by atoms with van der Waals surface area (Å²) in [4.78, 5) is 27.4. The first-order chi connectivity index (χ1) is 12.4. The number of nitrogens with one attached hydrogen (secondary N) is 2. The summed E-state index contributed by atoms with van der Waals surface area (Å²) in [7, 11) is 0. The van der Waals surface area contributed by atoms with Crippen LogP contribution in [0.25, 0.3) is 11.0 Å². The topological polar surface area (TPSA) is 139 Å². The molecule has 0 aliphatic rings. The van der Waals surface area contributed by atoms with Crippen molar-refractivity contribution in [3.05, 3.63) is 46.9 Å². The number of fused-ring (bicyclic) bond motifs is 1. The number of nitro groups is 1. The van der Waals surface area contributed by atoms with Crippen LogP contribution < -0.4 is 10.6 Å². The molecule has 0 fully saturated rings. The molecule has 26 heavy (non-hydrogen) atoms. The van der Waals surface area contributed by atoms with Gasteiger partial charge in [-0.15, -0.1) is 0 Å². The number of nitrogens with zero attached hydrogens (tertiary/aromatic N) is 5. The van der Waals surface area contributed by atoms with Gasteiger partial charge >= 0.3 is 0 Å². The van der Waals surface area contributed by atoms with Gasteiger partial charge in [-0.25, -0.2) is 19.9 Å². The number of aliphatic hydroxyl groups is 1. The Labute approximate surface area is 148 Å². The molecule has 0 amide bonds. The Morgan fingerprint density at radius 2 is 2.08 bits per heavy atom. The van der Waals surface area contributed by atoms with E-state index in [0.717, 1.165) is 0 Å². The number of non-ortho nitro benzene ring substituents is 1. The van der Waals surface area contributed by atoms with Crippen molar-refractivity contribution in [1.29, 1.82) is 0 Å². The van der Waals surface area contributed by atoms with Crippen molar-refractivity contribution in [2.24, 2.45) is 0 Å². The molecule has 0 bridgehead atoms. The fourth-order valence-corrected chi connectivity index (χ4v) is 2.18. The van der Waals surface area contributed by atoms with E-state index < -0.39 is 10.5 Å². The zero-order valence-corrected chi connectivity index (χ0v) is 14.2. The molecule has 3 rings (SSSR count). The third-order valence-electron chi connectivity index (χ3n) is 3.54. The highest BCUT2D eigenvalue weighted by Crippen LogP contribution is 2.24. The van der Waals surface area contributed by atoms with Crippen LogP contribution in [-0.2, 0) is 0 Å². The zero-order chi connectivity index (χ0) is 18.7. The second-order valence-electron chi connectivity index (χ2n) is 6.25. The lowest BCUT2D eigenvalue weighted by Gasteiger charge is -2.23. The molecular formula is C16H17N7O3. The minimum absolute atomic E-state index is 0.0324. The summed E-state index contributed by atoms with van der Waals surface area (Å²) in [6, 6.07) is 6.08. The van der Waals surface area contributed by atoms with Gasteiger partial charge in [-0.1, -0.05) is 6.07 Å². The first kappa shape index (κ1) is 17.4. The molecule has 0 saturated heterocycles. The molecule has 2 aromatic heterocycles. The summed E-state index contributed by atoms with van der Waals surface area (Å²) in [5, 5.41) is 26.4. The molecule has 0 aliphatic carbocycles. The molecule has 3 aromatic rings. The number of rotatable bonds is 6. The average Bonchev–Trinajstić information content (AvgIpc) is 2.62. The Bertz CT molecular complexity index is 961. The van der Waals surface area contributed by atoms with E-state index in [1.165, 1.54) is 18.5 Å².